The maximum absolute atomic E-state index is 12.9. The van der Waals surface area contributed by atoms with E-state index in [0.29, 0.717) is 17.8 Å². The average molecular weight is 412 g/mol. The topological polar surface area (TPSA) is 73.4 Å². The van der Waals surface area contributed by atoms with Crippen molar-refractivity contribution >= 4 is 34.1 Å². The van der Waals surface area contributed by atoms with Gasteiger partial charge in [0.25, 0.3) is 0 Å². The molecule has 1 aromatic heterocycles. The molecule has 0 bridgehead atoms. The molecule has 2 unspecified atom stereocenters. The van der Waals surface area contributed by atoms with E-state index in [1.807, 2.05) is 47.4 Å². The fourth-order valence-electron chi connectivity index (χ4n) is 4.60. The number of nitrogens with zero attached hydrogens (tertiary/aromatic N) is 4. The summed E-state index contributed by atoms with van der Waals surface area (Å²) in [4.78, 5) is 25.9. The summed E-state index contributed by atoms with van der Waals surface area (Å²) in [7, 11) is 2.14. The molecule has 3 heterocycles. The van der Waals surface area contributed by atoms with E-state index in [9.17, 15) is 4.79 Å². The van der Waals surface area contributed by atoms with Gasteiger partial charge in [-0.15, -0.1) is 6.42 Å². The maximum Gasteiger partial charge on any atom is 0.321 e. The first-order chi connectivity index (χ1) is 15.1. The van der Waals surface area contributed by atoms with Gasteiger partial charge in [-0.3, -0.25) is 0 Å². The lowest BCUT2D eigenvalue weighted by Gasteiger charge is -2.21. The van der Waals surface area contributed by atoms with Crippen LogP contribution < -0.4 is 10.6 Å². The summed E-state index contributed by atoms with van der Waals surface area (Å²) in [5.41, 5.74) is 3.15. The van der Waals surface area contributed by atoms with Gasteiger partial charge in [0.15, 0.2) is 0 Å². The second-order valence-corrected chi connectivity index (χ2v) is 8.24. The van der Waals surface area contributed by atoms with Gasteiger partial charge in [-0.05, 0) is 62.3 Å². The lowest BCUT2D eigenvalue weighted by Crippen LogP contribution is -2.37. The molecule has 2 aliphatic heterocycles. The number of fused-ring (bicyclic) bond motifs is 2. The summed E-state index contributed by atoms with van der Waals surface area (Å²) < 4.78 is 0. The predicted molar refractivity (Wildman–Crippen MR) is 122 cm³/mol. The van der Waals surface area contributed by atoms with Crippen molar-refractivity contribution in [1.29, 1.82) is 0 Å². The third kappa shape index (κ3) is 3.78. The molecule has 156 valence electrons. The smallest absolute Gasteiger partial charge is 0.321 e. The lowest BCUT2D eigenvalue weighted by molar-refractivity contribution is 0.213. The zero-order chi connectivity index (χ0) is 21.4. The molecule has 0 aliphatic carbocycles. The quantitative estimate of drug-likeness (QED) is 0.644. The molecular formula is C24H24N6O. The number of likely N-dealkylation sites (N-methyl/N-ethyl adjacent to an activating group) is 1. The molecule has 2 N–H and O–H groups in total. The number of rotatable bonds is 3. The highest BCUT2D eigenvalue weighted by Crippen LogP contribution is 2.31. The number of urea groups is 1. The summed E-state index contributed by atoms with van der Waals surface area (Å²) in [6, 6.07) is 13.7. The first-order valence-electron chi connectivity index (χ1n) is 10.5. The normalized spacial score (nSPS) is 20.5. The Hall–Kier alpha value is -3.63. The minimum absolute atomic E-state index is 0.0600. The zero-order valence-electron chi connectivity index (χ0n) is 17.4. The molecule has 31 heavy (non-hydrogen) atoms. The van der Waals surface area contributed by atoms with Crippen molar-refractivity contribution in [3.63, 3.8) is 0 Å². The molecule has 2 atom stereocenters. The van der Waals surface area contributed by atoms with E-state index in [0.717, 1.165) is 53.9 Å². The molecule has 0 radical (unpaired) electrons. The van der Waals surface area contributed by atoms with Crippen LogP contribution in [-0.4, -0.2) is 58.5 Å². The predicted octanol–water partition coefficient (Wildman–Crippen LogP) is 3.52. The van der Waals surface area contributed by atoms with E-state index in [1.54, 1.807) is 0 Å². The maximum atomic E-state index is 12.9. The van der Waals surface area contributed by atoms with Gasteiger partial charge < -0.3 is 20.4 Å². The van der Waals surface area contributed by atoms with E-state index < -0.39 is 0 Å². The van der Waals surface area contributed by atoms with Crippen molar-refractivity contribution in [2.75, 3.05) is 37.3 Å². The average Bonchev–Trinajstić information content (AvgIpc) is 3.36. The van der Waals surface area contributed by atoms with Crippen LogP contribution in [0.25, 0.3) is 10.9 Å². The molecule has 7 heteroatoms. The first kappa shape index (κ1) is 19.3. The van der Waals surface area contributed by atoms with Gasteiger partial charge in [0.05, 0.1) is 5.52 Å². The molecule has 0 saturated carbocycles. The molecule has 5 rings (SSSR count). The standard InChI is InChI=1S/C24H24N6O/c1-3-16-5-4-6-18(11-16)27-23-20-12-19(7-8-21(20)25-15-26-23)28-24(31)30-13-17-9-10-29(2)22(17)14-30/h1,4-8,11-12,15,17,22H,9-10,13-14H2,2H3,(H,28,31)(H,25,26,27). The highest BCUT2D eigenvalue weighted by molar-refractivity contribution is 5.97. The number of carbonyl (C=O) groups is 1. The second kappa shape index (κ2) is 7.89. The van der Waals surface area contributed by atoms with Crippen molar-refractivity contribution in [3.8, 4) is 12.3 Å². The van der Waals surface area contributed by atoms with Crippen molar-refractivity contribution < 1.29 is 4.79 Å². The third-order valence-corrected chi connectivity index (χ3v) is 6.29. The van der Waals surface area contributed by atoms with Crippen LogP contribution in [0, 0.1) is 18.3 Å². The van der Waals surface area contributed by atoms with Crippen LogP contribution in [0.5, 0.6) is 0 Å². The van der Waals surface area contributed by atoms with Crippen LogP contribution in [0.15, 0.2) is 48.8 Å². The van der Waals surface area contributed by atoms with Crippen molar-refractivity contribution in [2.45, 2.75) is 12.5 Å². The van der Waals surface area contributed by atoms with Gasteiger partial charge in [0.2, 0.25) is 0 Å². The zero-order valence-corrected chi connectivity index (χ0v) is 17.4. The van der Waals surface area contributed by atoms with Crippen LogP contribution in [-0.2, 0) is 0 Å². The molecule has 2 aromatic carbocycles. The van der Waals surface area contributed by atoms with Gasteiger partial charge in [0.1, 0.15) is 12.1 Å². The minimum atomic E-state index is -0.0600. The summed E-state index contributed by atoms with van der Waals surface area (Å²) in [5, 5.41) is 7.19. The van der Waals surface area contributed by atoms with Gasteiger partial charge >= 0.3 is 6.03 Å². The molecule has 2 amide bonds. The van der Waals surface area contributed by atoms with Crippen LogP contribution in [0.3, 0.4) is 0 Å². The monoisotopic (exact) mass is 412 g/mol. The summed E-state index contributed by atoms with van der Waals surface area (Å²) >= 11 is 0. The number of aromatic nitrogens is 2. The largest absolute Gasteiger partial charge is 0.340 e. The molecular weight excluding hydrogens is 388 g/mol. The van der Waals surface area contributed by atoms with Crippen molar-refractivity contribution in [3.05, 3.63) is 54.4 Å². The molecule has 3 aromatic rings. The van der Waals surface area contributed by atoms with E-state index >= 15 is 0 Å². The number of terminal acetylenes is 1. The molecule has 2 aliphatic rings. The number of hydrogen-bond donors (Lipinski definition) is 2. The van der Waals surface area contributed by atoms with Gasteiger partial charge in [-0.2, -0.15) is 0 Å². The second-order valence-electron chi connectivity index (χ2n) is 8.24. The van der Waals surface area contributed by atoms with Crippen LogP contribution in [0.2, 0.25) is 0 Å². The number of likely N-dealkylation sites (tertiary alicyclic amines) is 2. The molecule has 7 nitrogen and oxygen atoms in total. The minimum Gasteiger partial charge on any atom is -0.340 e. The summed E-state index contributed by atoms with van der Waals surface area (Å²) in [6.45, 7) is 2.72. The highest BCUT2D eigenvalue weighted by Gasteiger charge is 2.41. The highest BCUT2D eigenvalue weighted by atomic mass is 16.2. The van der Waals surface area contributed by atoms with E-state index in [1.165, 1.54) is 6.33 Å². The number of anilines is 3. The molecule has 2 saturated heterocycles. The van der Waals surface area contributed by atoms with Crippen molar-refractivity contribution in [2.24, 2.45) is 5.92 Å². The fraction of sp³-hybridized carbons (Fsp3) is 0.292. The fourth-order valence-corrected chi connectivity index (χ4v) is 4.60. The number of hydrogen-bond acceptors (Lipinski definition) is 5. The Morgan fingerprint density at radius 2 is 2.06 bits per heavy atom. The van der Waals surface area contributed by atoms with E-state index in [4.69, 9.17) is 6.42 Å². The summed E-state index contributed by atoms with van der Waals surface area (Å²) in [6.07, 6.45) is 8.19. The Balaban J connectivity index is 1.36. The Bertz CT molecular complexity index is 1190. The van der Waals surface area contributed by atoms with Gasteiger partial charge in [-0.1, -0.05) is 12.0 Å². The summed E-state index contributed by atoms with van der Waals surface area (Å²) in [5.74, 6) is 3.88. The Morgan fingerprint density at radius 1 is 1.16 bits per heavy atom. The number of amides is 2. The number of benzene rings is 2. The van der Waals surface area contributed by atoms with Gasteiger partial charge in [-0.25, -0.2) is 14.8 Å². The van der Waals surface area contributed by atoms with Gasteiger partial charge in [0, 0.05) is 41.5 Å². The Morgan fingerprint density at radius 3 is 2.90 bits per heavy atom. The van der Waals surface area contributed by atoms with E-state index in [2.05, 4.69) is 38.5 Å². The van der Waals surface area contributed by atoms with Crippen LogP contribution in [0.1, 0.15) is 12.0 Å². The number of nitrogens with one attached hydrogen (secondary N) is 2. The number of carbonyl (C=O) groups excluding carboxylic acids is 1. The van der Waals surface area contributed by atoms with Crippen LogP contribution in [0.4, 0.5) is 22.0 Å². The lowest BCUT2D eigenvalue weighted by atomic mass is 10.1. The van der Waals surface area contributed by atoms with E-state index in [-0.39, 0.29) is 6.03 Å². The molecule has 2 fully saturated rings. The van der Waals surface area contributed by atoms with Crippen LogP contribution >= 0.6 is 0 Å². The Labute approximate surface area is 181 Å². The SMILES string of the molecule is C#Cc1cccc(Nc2ncnc3ccc(NC(=O)N4CC5CCN(C)C5C4)cc23)c1. The Kier molecular flexibility index (Phi) is 4.92. The third-order valence-electron chi connectivity index (χ3n) is 6.29. The molecule has 0 spiro atoms. The van der Waals surface area contributed by atoms with Crippen molar-refractivity contribution in [1.82, 2.24) is 19.8 Å². The first-order valence-corrected chi connectivity index (χ1v) is 10.5.